The summed E-state index contributed by atoms with van der Waals surface area (Å²) in [6, 6.07) is 154. The van der Waals surface area contributed by atoms with Crippen LogP contribution in [0, 0.1) is 54.6 Å². The normalized spacial score (nSPS) is 10.3. The molecule has 25 heteroatoms. The Hall–Kier alpha value is -13.8. The molecule has 22 rings (SSSR count). The molecule has 2 N–H and O–H groups in total. The quantitative estimate of drug-likeness (QED) is 0.0506. The molecule has 21 aromatic rings. The molecule has 761 valence electrons. The van der Waals surface area contributed by atoms with Gasteiger partial charge in [-0.05, 0) is 167 Å². The monoisotopic (exact) mass is 3210 g/mol. The number of halogens is 3. The molecule has 149 heavy (non-hydrogen) atoms. The van der Waals surface area contributed by atoms with Crippen molar-refractivity contribution in [2.45, 2.75) is 33.9 Å². The zero-order chi connectivity index (χ0) is 99.4. The summed E-state index contributed by atoms with van der Waals surface area (Å²) in [7, 11) is 2.00. The first kappa shape index (κ1) is 126. The number of hydrogen-bond acceptors (Lipinski definition) is 14. The summed E-state index contributed by atoms with van der Waals surface area (Å²) >= 11 is 0. The van der Waals surface area contributed by atoms with Crippen LogP contribution in [0.15, 0.2) is 496 Å². The Kier molecular flexibility index (Phi) is 59.1. The molecule has 0 atom stereocenters. The first-order valence-corrected chi connectivity index (χ1v) is 44.8. The summed E-state index contributed by atoms with van der Waals surface area (Å²) in [4.78, 5) is 58.5. The molecule has 0 unspecified atom stereocenters. The van der Waals surface area contributed by atoms with Crippen molar-refractivity contribution in [3.63, 3.8) is 0 Å². The third kappa shape index (κ3) is 43.5. The average molecular weight is 3210 g/mol. The predicted octanol–water partition coefficient (Wildman–Crippen LogP) is 29.6. The van der Waals surface area contributed by atoms with Crippen molar-refractivity contribution in [1.29, 1.82) is 0 Å². The number of oxazole rings is 1. The van der Waals surface area contributed by atoms with Crippen LogP contribution >= 0.6 is 0 Å². The molecule has 7 radical (unpaired) electrons. The summed E-state index contributed by atoms with van der Waals surface area (Å²) in [5.74, 6) is 2.46. The van der Waals surface area contributed by atoms with Gasteiger partial charge in [-0.25, -0.2) is 5.98 Å². The Morgan fingerprint density at radius 3 is 1.00 bits per heavy atom. The molecular weight excluding hydrogens is 3110 g/mol. The number of rotatable bonds is 12. The van der Waals surface area contributed by atoms with Gasteiger partial charge in [-0.3, -0.25) is 14.6 Å². The summed E-state index contributed by atoms with van der Waals surface area (Å²) in [5, 5.41) is 21.5. The van der Waals surface area contributed by atoms with Gasteiger partial charge < -0.3 is 54.5 Å². The Morgan fingerprint density at radius 2 is 0.664 bits per heavy atom. The van der Waals surface area contributed by atoms with Gasteiger partial charge in [0.15, 0.2) is 11.6 Å². The molecule has 0 aliphatic carbocycles. The SMILES string of the molecule is CC(=O)C=C(C)O.CC(=O)C=C(C)O.FC(F)(F)c1c[c-]c(-c2ccccn2)cc1.[B]1C=C[C-]=C1c1ccccn1.[Ir].[Ir].[Ir].[Ir].[Ir].[Ir].[Pt].[c-]1ccc(-c2ccccc2)cc1-c1ccccn1.[c-]1ccccc1-c1ccccn1.[c-]1ccccc1-c1ccccn1.[c-]1ccccc1-c1ccccn1.[c-]1ccccc1-c1nc2ccccc2o1.[c-]1ccccc1-c1nccc2ccccc12.[c-]1ccccc1-c1nccc2ccccc12. The number of benzene rings is 12. The molecular formula is C124H93BF3Ir6N9O5Pt-9. The number of aliphatic hydroxyl groups excluding tert-OH is 2. The molecule has 9 aromatic heterocycles. The minimum absolute atomic E-state index is 0. The van der Waals surface area contributed by atoms with Crippen LogP contribution in [0.3, 0.4) is 0 Å². The van der Waals surface area contributed by atoms with Crippen LogP contribution in [0.1, 0.15) is 39.0 Å². The molecule has 0 fully saturated rings. The minimum atomic E-state index is -4.32. The summed E-state index contributed by atoms with van der Waals surface area (Å²) in [6.07, 6.45) is 17.2. The maximum Gasteiger partial charge on any atom is 0.381 e. The largest absolute Gasteiger partial charge is 0.512 e. The van der Waals surface area contributed by atoms with E-state index in [1.165, 1.54) is 78.6 Å². The van der Waals surface area contributed by atoms with Gasteiger partial charge in [-0.15, -0.1) is 275 Å². The Morgan fingerprint density at radius 1 is 0.322 bits per heavy atom. The Balaban J connectivity index is 0.000000289. The van der Waals surface area contributed by atoms with Gasteiger partial charge >= 0.3 is 6.18 Å². The average Bonchev–Trinajstić information content (AvgIpc) is 1.75. The zero-order valence-corrected chi connectivity index (χ0v) is 96.9. The first-order valence-electron chi connectivity index (χ1n) is 44.8. The van der Waals surface area contributed by atoms with Gasteiger partial charge in [0.05, 0.1) is 24.3 Å². The van der Waals surface area contributed by atoms with E-state index in [0.29, 0.717) is 17.1 Å². The van der Waals surface area contributed by atoms with Crippen LogP contribution < -0.4 is 0 Å². The number of pyridine rings is 8. The van der Waals surface area contributed by atoms with E-state index in [1.807, 2.05) is 353 Å². The van der Waals surface area contributed by atoms with Crippen molar-refractivity contribution in [2.24, 2.45) is 0 Å². The van der Waals surface area contributed by atoms with E-state index in [-0.39, 0.29) is 165 Å². The first-order chi connectivity index (χ1) is 69.5. The van der Waals surface area contributed by atoms with Crippen LogP contribution in [0.4, 0.5) is 13.2 Å². The van der Waals surface area contributed by atoms with Crippen molar-refractivity contribution >= 4 is 57.0 Å². The maximum atomic E-state index is 12.3. The molecule has 0 amide bonds. The van der Waals surface area contributed by atoms with Gasteiger partial charge in [0, 0.05) is 203 Å². The smallest absolute Gasteiger partial charge is 0.381 e. The molecule has 10 heterocycles. The van der Waals surface area contributed by atoms with Crippen molar-refractivity contribution in [2.75, 3.05) is 0 Å². The van der Waals surface area contributed by atoms with Gasteiger partial charge in [0.1, 0.15) is 11.5 Å². The van der Waals surface area contributed by atoms with Crippen molar-refractivity contribution in [1.82, 2.24) is 44.9 Å². The summed E-state index contributed by atoms with van der Waals surface area (Å²) < 4.78 is 42.5. The van der Waals surface area contributed by atoms with E-state index in [2.05, 4.69) is 148 Å². The molecule has 12 aromatic carbocycles. The van der Waals surface area contributed by atoms with E-state index in [0.717, 1.165) is 108 Å². The molecule has 0 spiro atoms. The number of alkyl halides is 3. The molecule has 0 saturated heterocycles. The van der Waals surface area contributed by atoms with Gasteiger partial charge in [-0.2, -0.15) is 30.8 Å². The second-order valence-corrected chi connectivity index (χ2v) is 30.4. The summed E-state index contributed by atoms with van der Waals surface area (Å²) in [5.41, 5.74) is 19.6. The van der Waals surface area contributed by atoms with E-state index < -0.39 is 11.7 Å². The molecule has 14 nitrogen and oxygen atoms in total. The van der Waals surface area contributed by atoms with Crippen LogP contribution in [0.5, 0.6) is 0 Å². The molecule has 1 aliphatic rings. The molecule has 0 bridgehead atoms. The number of aliphatic hydroxyl groups is 2. The fourth-order valence-corrected chi connectivity index (χ4v) is 13.3. The van der Waals surface area contributed by atoms with Crippen molar-refractivity contribution < 1.29 is 179 Å². The van der Waals surface area contributed by atoms with Crippen LogP contribution in [0.25, 0.3) is 139 Å². The molecule has 0 saturated carbocycles. The maximum absolute atomic E-state index is 12.3. The van der Waals surface area contributed by atoms with Crippen LogP contribution in [-0.4, -0.2) is 73.9 Å². The predicted molar refractivity (Wildman–Crippen MR) is 563 cm³/mol. The number of carbonyl (C=O) groups excluding carboxylic acids is 2. The topological polar surface area (TPSA) is 204 Å². The second-order valence-electron chi connectivity index (χ2n) is 30.4. The number of aromatic nitrogens is 9. The Labute approximate surface area is 964 Å². The number of fused-ring (bicyclic) bond motifs is 3. The van der Waals surface area contributed by atoms with E-state index in [4.69, 9.17) is 14.6 Å². The van der Waals surface area contributed by atoms with Crippen LogP contribution in [0.2, 0.25) is 0 Å². The third-order valence-corrected chi connectivity index (χ3v) is 19.8. The fraction of sp³-hybridized carbons (Fsp3) is 0.0403. The number of allylic oxidation sites excluding steroid dienone is 6. The zero-order valence-electron chi connectivity index (χ0n) is 80.3. The number of ketones is 2. The van der Waals surface area contributed by atoms with E-state index >= 15 is 0 Å². The number of para-hydroxylation sites is 2. The number of nitrogens with zero attached hydrogens (tertiary/aromatic N) is 9. The van der Waals surface area contributed by atoms with Crippen molar-refractivity contribution in [3.05, 3.63) is 558 Å². The Bertz CT molecular complexity index is 6960. The summed E-state index contributed by atoms with van der Waals surface area (Å²) in [6.45, 7) is 5.70. The minimum Gasteiger partial charge on any atom is -0.512 e. The molecule has 1 aliphatic heterocycles. The third-order valence-electron chi connectivity index (χ3n) is 19.8. The van der Waals surface area contributed by atoms with Crippen LogP contribution in [-0.2, 0) is 157 Å². The fourth-order valence-electron chi connectivity index (χ4n) is 13.3. The van der Waals surface area contributed by atoms with Gasteiger partial charge in [-0.1, -0.05) is 169 Å². The van der Waals surface area contributed by atoms with Gasteiger partial charge in [0.2, 0.25) is 0 Å². The van der Waals surface area contributed by atoms with E-state index in [1.54, 1.807) is 55.4 Å². The standard InChI is InChI=1S/C17H12N.2C15H10N.C13H8NO.C12H7F3N.3C11H8N.C9H6BN.2C5H8O2.6Ir.Pt/c1-2-7-14(8-3-1)15-9-6-10-16(13-15)17-11-4-5-12-18-17;2*1-2-7-13(8-3-1)15-14-9-5-4-6-12(14)10-11-16-15;1-2-6-10(7-3-1)13-14-11-8-4-5-9-12(11)15-13;13-12(14,15)10-6-4-9(5-7-10)11-3-1-2-8-16-11;3*1-2-6-10(7-3-1)11-8-4-5-9-12-11;1-2-7-11-9(5-1)8-4-3-6-10-8;2*1-4(6)3-5(2)7;;;;;;;/h1-9,11-13H;2*1-7,9-11H;1-6,8-9H;1-4,6-8H;3*1-6,8-9H;1-3,5-7H;2*3,6H,1-2H3;;;;;;;/q9*-1;;;;;;;;;. The van der Waals surface area contributed by atoms with Gasteiger partial charge in [0.25, 0.3) is 0 Å². The second kappa shape index (κ2) is 70.1. The van der Waals surface area contributed by atoms with E-state index in [9.17, 15) is 22.8 Å². The van der Waals surface area contributed by atoms with Crippen molar-refractivity contribution in [3.8, 4) is 101 Å². The number of carbonyl (C=O) groups is 2. The number of hydrogen-bond donors (Lipinski definition) is 2.